The first-order chi connectivity index (χ1) is 8.17. The molecule has 1 fully saturated rings. The molecule has 3 rings (SSSR count). The Kier molecular flexibility index (Phi) is 2.33. The standard InChI is InChI=1S/C14H19NO2/c1-9(2)11-6-14(11,7-15)10-3-4-12-13(5-10)17-8-16-12/h3-5,9,11H,6-8,15H2,1-2H3. The van der Waals surface area contributed by atoms with Gasteiger partial charge >= 0.3 is 0 Å². The maximum atomic E-state index is 6.00. The zero-order valence-corrected chi connectivity index (χ0v) is 10.4. The third-order valence-corrected chi connectivity index (χ3v) is 4.25. The van der Waals surface area contributed by atoms with Gasteiger partial charge in [-0.05, 0) is 36.0 Å². The Balaban J connectivity index is 1.94. The van der Waals surface area contributed by atoms with Crippen LogP contribution in [0.4, 0.5) is 0 Å². The van der Waals surface area contributed by atoms with Crippen LogP contribution in [0.25, 0.3) is 0 Å². The molecule has 2 atom stereocenters. The van der Waals surface area contributed by atoms with Crippen molar-refractivity contribution in [2.75, 3.05) is 13.3 Å². The van der Waals surface area contributed by atoms with Gasteiger partial charge in [0.05, 0.1) is 0 Å². The Hall–Kier alpha value is -1.22. The van der Waals surface area contributed by atoms with Gasteiger partial charge in [0.2, 0.25) is 6.79 Å². The number of fused-ring (bicyclic) bond motifs is 1. The van der Waals surface area contributed by atoms with Gasteiger partial charge in [0.1, 0.15) is 0 Å². The number of nitrogens with two attached hydrogens (primary N) is 1. The van der Waals surface area contributed by atoms with E-state index in [1.807, 2.05) is 6.07 Å². The van der Waals surface area contributed by atoms with Crippen molar-refractivity contribution < 1.29 is 9.47 Å². The molecule has 2 N–H and O–H groups in total. The topological polar surface area (TPSA) is 44.5 Å². The van der Waals surface area contributed by atoms with Gasteiger partial charge in [0, 0.05) is 12.0 Å². The Morgan fingerprint density at radius 3 is 2.76 bits per heavy atom. The van der Waals surface area contributed by atoms with Gasteiger partial charge in [-0.3, -0.25) is 0 Å². The second-order valence-corrected chi connectivity index (χ2v) is 5.48. The van der Waals surface area contributed by atoms with Crippen molar-refractivity contribution in [2.24, 2.45) is 17.6 Å². The SMILES string of the molecule is CC(C)C1CC1(CN)c1ccc2c(c1)OCO2. The van der Waals surface area contributed by atoms with Gasteiger partial charge in [-0.1, -0.05) is 19.9 Å². The number of benzene rings is 1. The lowest BCUT2D eigenvalue weighted by molar-refractivity contribution is 0.174. The molecular formula is C14H19NO2. The van der Waals surface area contributed by atoms with E-state index in [-0.39, 0.29) is 5.41 Å². The second-order valence-electron chi connectivity index (χ2n) is 5.48. The van der Waals surface area contributed by atoms with Crippen LogP contribution in [-0.2, 0) is 5.41 Å². The Bertz CT molecular complexity index is 444. The summed E-state index contributed by atoms with van der Waals surface area (Å²) in [5.41, 5.74) is 7.49. The van der Waals surface area contributed by atoms with Crippen molar-refractivity contribution in [3.63, 3.8) is 0 Å². The fraction of sp³-hybridized carbons (Fsp3) is 0.571. The summed E-state index contributed by atoms with van der Waals surface area (Å²) in [6.45, 7) is 5.60. The summed E-state index contributed by atoms with van der Waals surface area (Å²) < 4.78 is 10.8. The van der Waals surface area contributed by atoms with Gasteiger partial charge in [0.25, 0.3) is 0 Å². The Labute approximate surface area is 102 Å². The molecule has 0 aromatic heterocycles. The fourth-order valence-corrected chi connectivity index (χ4v) is 3.10. The van der Waals surface area contributed by atoms with E-state index >= 15 is 0 Å². The third kappa shape index (κ3) is 1.53. The van der Waals surface area contributed by atoms with Crippen LogP contribution in [0.1, 0.15) is 25.8 Å². The zero-order chi connectivity index (χ0) is 12.0. The smallest absolute Gasteiger partial charge is 0.231 e. The highest BCUT2D eigenvalue weighted by Crippen LogP contribution is 2.58. The van der Waals surface area contributed by atoms with Crippen molar-refractivity contribution in [2.45, 2.75) is 25.7 Å². The lowest BCUT2D eigenvalue weighted by Gasteiger charge is -2.18. The minimum absolute atomic E-state index is 0.176. The van der Waals surface area contributed by atoms with E-state index in [1.165, 1.54) is 12.0 Å². The largest absolute Gasteiger partial charge is 0.454 e. The summed E-state index contributed by atoms with van der Waals surface area (Å²) in [6.07, 6.45) is 1.20. The van der Waals surface area contributed by atoms with Crippen LogP contribution in [0.15, 0.2) is 18.2 Å². The Morgan fingerprint density at radius 2 is 2.12 bits per heavy atom. The van der Waals surface area contributed by atoms with E-state index in [1.54, 1.807) is 0 Å². The first-order valence-corrected chi connectivity index (χ1v) is 6.27. The van der Waals surface area contributed by atoms with E-state index in [0.29, 0.717) is 18.6 Å². The quantitative estimate of drug-likeness (QED) is 0.871. The molecule has 2 unspecified atom stereocenters. The zero-order valence-electron chi connectivity index (χ0n) is 10.4. The van der Waals surface area contributed by atoms with E-state index in [9.17, 15) is 0 Å². The lowest BCUT2D eigenvalue weighted by atomic mass is 9.89. The summed E-state index contributed by atoms with van der Waals surface area (Å²) in [5.74, 6) is 3.10. The van der Waals surface area contributed by atoms with Gasteiger partial charge in [-0.15, -0.1) is 0 Å². The molecule has 1 aliphatic heterocycles. The predicted octanol–water partition coefficient (Wildman–Crippen LogP) is 2.29. The predicted molar refractivity (Wildman–Crippen MR) is 66.2 cm³/mol. The summed E-state index contributed by atoms with van der Waals surface area (Å²) in [5, 5.41) is 0. The summed E-state index contributed by atoms with van der Waals surface area (Å²) in [7, 11) is 0. The van der Waals surface area contributed by atoms with Crippen molar-refractivity contribution in [1.82, 2.24) is 0 Å². The molecule has 92 valence electrons. The normalized spacial score (nSPS) is 29.8. The molecule has 0 saturated heterocycles. The van der Waals surface area contributed by atoms with Gasteiger partial charge < -0.3 is 15.2 Å². The van der Waals surface area contributed by atoms with Gasteiger partial charge in [-0.2, -0.15) is 0 Å². The maximum absolute atomic E-state index is 6.00. The van der Waals surface area contributed by atoms with Gasteiger partial charge in [0.15, 0.2) is 11.5 Å². The lowest BCUT2D eigenvalue weighted by Crippen LogP contribution is -2.23. The van der Waals surface area contributed by atoms with Crippen molar-refractivity contribution in [1.29, 1.82) is 0 Å². The molecule has 2 aliphatic rings. The van der Waals surface area contributed by atoms with Crippen LogP contribution in [-0.4, -0.2) is 13.3 Å². The average Bonchev–Trinajstić information content (AvgIpc) is 2.91. The first-order valence-electron chi connectivity index (χ1n) is 6.27. The van der Waals surface area contributed by atoms with Crippen LogP contribution in [0.3, 0.4) is 0 Å². The number of hydrogen-bond acceptors (Lipinski definition) is 3. The van der Waals surface area contributed by atoms with Crippen LogP contribution < -0.4 is 15.2 Å². The maximum Gasteiger partial charge on any atom is 0.231 e. The molecular weight excluding hydrogens is 214 g/mol. The molecule has 0 bridgehead atoms. The number of rotatable bonds is 3. The molecule has 3 nitrogen and oxygen atoms in total. The van der Waals surface area contributed by atoms with Crippen molar-refractivity contribution in [3.8, 4) is 11.5 Å². The first kappa shape index (κ1) is 10.9. The molecule has 0 amide bonds. The summed E-state index contributed by atoms with van der Waals surface area (Å²) >= 11 is 0. The molecule has 0 spiro atoms. The summed E-state index contributed by atoms with van der Waals surface area (Å²) in [4.78, 5) is 0. The van der Waals surface area contributed by atoms with Crippen LogP contribution in [0.5, 0.6) is 11.5 Å². The molecule has 1 heterocycles. The molecule has 0 radical (unpaired) electrons. The highest BCUT2D eigenvalue weighted by molar-refractivity contribution is 5.49. The fourth-order valence-electron chi connectivity index (χ4n) is 3.10. The van der Waals surface area contributed by atoms with E-state index in [0.717, 1.165) is 18.0 Å². The molecule has 1 saturated carbocycles. The van der Waals surface area contributed by atoms with Crippen molar-refractivity contribution in [3.05, 3.63) is 23.8 Å². The van der Waals surface area contributed by atoms with Crippen LogP contribution in [0.2, 0.25) is 0 Å². The summed E-state index contributed by atoms with van der Waals surface area (Å²) in [6, 6.07) is 6.26. The Morgan fingerprint density at radius 1 is 1.35 bits per heavy atom. The van der Waals surface area contributed by atoms with Gasteiger partial charge in [-0.25, -0.2) is 0 Å². The molecule has 3 heteroatoms. The van der Waals surface area contributed by atoms with E-state index < -0.39 is 0 Å². The van der Waals surface area contributed by atoms with E-state index in [2.05, 4.69) is 26.0 Å². The van der Waals surface area contributed by atoms with E-state index in [4.69, 9.17) is 15.2 Å². The number of hydrogen-bond donors (Lipinski definition) is 1. The third-order valence-electron chi connectivity index (χ3n) is 4.25. The van der Waals surface area contributed by atoms with Crippen LogP contribution >= 0.6 is 0 Å². The molecule has 1 aliphatic carbocycles. The highest BCUT2D eigenvalue weighted by Gasteiger charge is 2.55. The monoisotopic (exact) mass is 233 g/mol. The highest BCUT2D eigenvalue weighted by atomic mass is 16.7. The van der Waals surface area contributed by atoms with Crippen LogP contribution in [0, 0.1) is 11.8 Å². The molecule has 1 aromatic rings. The minimum Gasteiger partial charge on any atom is -0.454 e. The number of ether oxygens (including phenoxy) is 2. The second kappa shape index (κ2) is 3.64. The average molecular weight is 233 g/mol. The minimum atomic E-state index is 0.176. The van der Waals surface area contributed by atoms with Crippen molar-refractivity contribution >= 4 is 0 Å². The molecule has 1 aromatic carbocycles. The molecule has 17 heavy (non-hydrogen) atoms.